The summed E-state index contributed by atoms with van der Waals surface area (Å²) in [6.45, 7) is 2.09. The summed E-state index contributed by atoms with van der Waals surface area (Å²) in [5.74, 6) is 0.692. The van der Waals surface area contributed by atoms with Crippen molar-refractivity contribution in [1.29, 1.82) is 0 Å². The average Bonchev–Trinajstić information content (AvgIpc) is 3.09. The number of aliphatic hydroxyl groups excluding tert-OH is 1. The summed E-state index contributed by atoms with van der Waals surface area (Å²) in [6, 6.07) is 10.7. The fourth-order valence-electron chi connectivity index (χ4n) is 3.21. The number of hydrogen-bond donors (Lipinski definition) is 3. The molecule has 0 saturated carbocycles. The number of aromatic amines is 1. The fraction of sp³-hybridized carbons (Fsp3) is 0.222. The van der Waals surface area contributed by atoms with Crippen molar-refractivity contribution in [2.75, 3.05) is 18.1 Å². The van der Waals surface area contributed by atoms with Crippen molar-refractivity contribution >= 4 is 22.6 Å². The lowest BCUT2D eigenvalue weighted by atomic mass is 10.0. The van der Waals surface area contributed by atoms with Crippen LogP contribution in [0.15, 0.2) is 36.4 Å². The Morgan fingerprint density at radius 3 is 2.71 bits per heavy atom. The number of fused-ring (bicyclic) bond motifs is 2. The number of aliphatic hydroxyl groups is 1. The maximum absolute atomic E-state index is 12.3. The fourth-order valence-corrected chi connectivity index (χ4v) is 3.21. The number of anilines is 1. The molecule has 1 amide bonds. The van der Waals surface area contributed by atoms with Gasteiger partial charge in [-0.15, -0.1) is 0 Å². The predicted molar refractivity (Wildman–Crippen MR) is 91.0 cm³/mol. The highest BCUT2D eigenvalue weighted by molar-refractivity contribution is 6.07. The molecule has 0 saturated heterocycles. The molecule has 3 N–H and O–H groups in total. The number of nitrogens with zero attached hydrogens (tertiary/aromatic N) is 2. The largest absolute Gasteiger partial charge is 0.508 e. The third kappa shape index (κ3) is 2.15. The van der Waals surface area contributed by atoms with Crippen LogP contribution in [0.5, 0.6) is 5.75 Å². The summed E-state index contributed by atoms with van der Waals surface area (Å²) in [5.41, 5.74) is 4.27. The highest BCUT2D eigenvalue weighted by atomic mass is 16.3. The first-order valence-electron chi connectivity index (χ1n) is 7.84. The van der Waals surface area contributed by atoms with Crippen molar-refractivity contribution < 1.29 is 15.0 Å². The molecular formula is C18H17N3O3. The Morgan fingerprint density at radius 2 is 2.00 bits per heavy atom. The van der Waals surface area contributed by atoms with E-state index in [2.05, 4.69) is 9.97 Å². The van der Waals surface area contributed by atoms with Crippen LogP contribution in [0.25, 0.3) is 22.4 Å². The Kier molecular flexibility index (Phi) is 3.28. The molecule has 0 bridgehead atoms. The zero-order valence-electron chi connectivity index (χ0n) is 13.2. The van der Waals surface area contributed by atoms with E-state index in [9.17, 15) is 15.0 Å². The average molecular weight is 323 g/mol. The number of aromatic hydroxyl groups is 1. The van der Waals surface area contributed by atoms with Gasteiger partial charge in [0, 0.05) is 17.8 Å². The van der Waals surface area contributed by atoms with Crippen molar-refractivity contribution in [3.05, 3.63) is 42.0 Å². The van der Waals surface area contributed by atoms with Gasteiger partial charge in [-0.25, -0.2) is 4.98 Å². The van der Waals surface area contributed by atoms with Crippen LogP contribution < -0.4 is 4.90 Å². The molecule has 3 aromatic rings. The number of imidazole rings is 1. The van der Waals surface area contributed by atoms with Gasteiger partial charge in [0.2, 0.25) is 5.91 Å². The third-order valence-corrected chi connectivity index (χ3v) is 4.49. The lowest BCUT2D eigenvalue weighted by Crippen LogP contribution is -2.30. The van der Waals surface area contributed by atoms with E-state index in [0.717, 1.165) is 27.8 Å². The van der Waals surface area contributed by atoms with Gasteiger partial charge in [-0.3, -0.25) is 4.79 Å². The molecule has 6 nitrogen and oxygen atoms in total. The molecule has 24 heavy (non-hydrogen) atoms. The molecule has 6 heteroatoms. The van der Waals surface area contributed by atoms with Gasteiger partial charge in [-0.05, 0) is 48.9 Å². The van der Waals surface area contributed by atoms with Gasteiger partial charge in [0.15, 0.2) is 0 Å². The molecule has 122 valence electrons. The molecule has 1 atom stereocenters. The van der Waals surface area contributed by atoms with Gasteiger partial charge in [-0.2, -0.15) is 0 Å². The predicted octanol–water partition coefficient (Wildman–Crippen LogP) is 2.38. The molecule has 1 aliphatic heterocycles. The first-order valence-corrected chi connectivity index (χ1v) is 7.84. The Morgan fingerprint density at radius 1 is 1.25 bits per heavy atom. The molecule has 2 aromatic carbocycles. The Balaban J connectivity index is 1.82. The zero-order chi connectivity index (χ0) is 16.8. The number of benzene rings is 2. The van der Waals surface area contributed by atoms with Crippen LogP contribution in [0, 0.1) is 0 Å². The van der Waals surface area contributed by atoms with Crippen LogP contribution in [0.2, 0.25) is 0 Å². The molecule has 2 heterocycles. The van der Waals surface area contributed by atoms with Crippen LogP contribution >= 0.6 is 0 Å². The van der Waals surface area contributed by atoms with Crippen LogP contribution in [0.1, 0.15) is 18.4 Å². The van der Waals surface area contributed by atoms with Crippen LogP contribution in [-0.4, -0.2) is 39.2 Å². The minimum Gasteiger partial charge on any atom is -0.508 e. The maximum Gasteiger partial charge on any atom is 0.234 e. The second-order valence-electron chi connectivity index (χ2n) is 6.00. The molecular weight excluding hydrogens is 306 g/mol. The van der Waals surface area contributed by atoms with E-state index in [1.807, 2.05) is 19.1 Å². The summed E-state index contributed by atoms with van der Waals surface area (Å²) >= 11 is 0. The quantitative estimate of drug-likeness (QED) is 0.690. The highest BCUT2D eigenvalue weighted by Crippen LogP contribution is 2.39. The minimum atomic E-state index is -0.232. The van der Waals surface area contributed by atoms with Crippen molar-refractivity contribution in [3.8, 4) is 17.1 Å². The van der Waals surface area contributed by atoms with Crippen molar-refractivity contribution in [3.63, 3.8) is 0 Å². The van der Waals surface area contributed by atoms with E-state index in [1.54, 1.807) is 29.2 Å². The molecule has 0 spiro atoms. The molecule has 4 rings (SSSR count). The summed E-state index contributed by atoms with van der Waals surface area (Å²) in [7, 11) is 0. The number of H-pyrrole nitrogens is 1. The van der Waals surface area contributed by atoms with Gasteiger partial charge >= 0.3 is 0 Å². The number of β-amino-alcohol motifs (C(OH)–C–C–N with tert-alkyl or cyclic N) is 1. The van der Waals surface area contributed by atoms with Gasteiger partial charge < -0.3 is 20.1 Å². The van der Waals surface area contributed by atoms with Crippen molar-refractivity contribution in [1.82, 2.24) is 9.97 Å². The molecule has 0 aliphatic carbocycles. The normalized spacial score (nSPS) is 16.8. The highest BCUT2D eigenvalue weighted by Gasteiger charge is 2.34. The van der Waals surface area contributed by atoms with E-state index in [0.29, 0.717) is 12.4 Å². The number of rotatable bonds is 3. The zero-order valence-corrected chi connectivity index (χ0v) is 13.2. The van der Waals surface area contributed by atoms with Crippen LogP contribution in [-0.2, 0) is 4.79 Å². The summed E-state index contributed by atoms with van der Waals surface area (Å²) in [4.78, 5) is 21.8. The Bertz CT molecular complexity index is 931. The first kappa shape index (κ1) is 14.7. The molecule has 1 aromatic heterocycles. The van der Waals surface area contributed by atoms with E-state index in [4.69, 9.17) is 0 Å². The number of carbonyl (C=O) groups is 1. The molecule has 1 aliphatic rings. The SMILES string of the molecule is CC1C(=O)N(CCO)c2cc3[nH]c(-c4ccc(O)cc4)nc3cc21. The van der Waals surface area contributed by atoms with Gasteiger partial charge in [0.25, 0.3) is 0 Å². The molecule has 0 fully saturated rings. The Hall–Kier alpha value is -2.86. The van der Waals surface area contributed by atoms with Crippen molar-refractivity contribution in [2.45, 2.75) is 12.8 Å². The Labute approximate surface area is 138 Å². The summed E-state index contributed by atoms with van der Waals surface area (Å²) in [6.07, 6.45) is 0. The number of phenolic OH excluding ortho intramolecular Hbond substituents is 1. The second kappa shape index (κ2) is 5.35. The topological polar surface area (TPSA) is 89.5 Å². The monoisotopic (exact) mass is 323 g/mol. The van der Waals surface area contributed by atoms with E-state index in [-0.39, 0.29) is 24.2 Å². The standard InChI is InChI=1S/C18H17N3O3/c1-10-13-8-14-15(9-16(13)21(6-7-22)18(10)24)20-17(19-14)11-2-4-12(23)5-3-11/h2-5,8-10,22-23H,6-7H2,1H3,(H,19,20). The van der Waals surface area contributed by atoms with Crippen molar-refractivity contribution in [2.24, 2.45) is 0 Å². The molecule has 1 unspecified atom stereocenters. The van der Waals surface area contributed by atoms with Crippen LogP contribution in [0.4, 0.5) is 5.69 Å². The smallest absolute Gasteiger partial charge is 0.234 e. The number of carbonyl (C=O) groups excluding carboxylic acids is 1. The van der Waals surface area contributed by atoms with Gasteiger partial charge in [0.1, 0.15) is 11.6 Å². The number of hydrogen-bond acceptors (Lipinski definition) is 4. The van der Waals surface area contributed by atoms with E-state index in [1.165, 1.54) is 0 Å². The molecule has 0 radical (unpaired) electrons. The summed E-state index contributed by atoms with van der Waals surface area (Å²) in [5, 5.41) is 18.6. The van der Waals surface area contributed by atoms with Gasteiger partial charge in [-0.1, -0.05) is 0 Å². The van der Waals surface area contributed by atoms with E-state index < -0.39 is 0 Å². The van der Waals surface area contributed by atoms with Gasteiger partial charge in [0.05, 0.1) is 23.6 Å². The number of phenols is 1. The number of amides is 1. The second-order valence-corrected chi connectivity index (χ2v) is 6.00. The van der Waals surface area contributed by atoms with E-state index >= 15 is 0 Å². The lowest BCUT2D eigenvalue weighted by molar-refractivity contribution is -0.119. The summed E-state index contributed by atoms with van der Waals surface area (Å²) < 4.78 is 0. The number of nitrogens with one attached hydrogen (secondary N) is 1. The lowest BCUT2D eigenvalue weighted by Gasteiger charge is -2.15. The third-order valence-electron chi connectivity index (χ3n) is 4.49. The number of aromatic nitrogens is 2. The first-order chi connectivity index (χ1) is 11.6. The maximum atomic E-state index is 12.3. The van der Waals surface area contributed by atoms with Crippen LogP contribution in [0.3, 0.4) is 0 Å². The minimum absolute atomic E-state index is 0.00506.